The van der Waals surface area contributed by atoms with Crippen molar-refractivity contribution in [2.45, 2.75) is 45.1 Å². The standard InChI is InChI=1S/C27H30N2O4S/c1-32-20-5-3-2-4-15(20)6-8-28-23(30)22-18-7-9-33-14-21(18)34-24(22)29-25(31)26-11-16-10-19(16)27(26)13-17(27)12-26/h2-5,16-17,19H,6-14H2,1H3,(H,28,30)(H,29,31). The van der Waals surface area contributed by atoms with Crippen LogP contribution in [0.3, 0.4) is 0 Å². The van der Waals surface area contributed by atoms with Crippen LogP contribution in [-0.4, -0.2) is 32.1 Å². The van der Waals surface area contributed by atoms with Crippen LogP contribution in [0, 0.1) is 28.6 Å². The third kappa shape index (κ3) is 2.77. The number of thiophene rings is 1. The normalized spacial score (nSPS) is 33.5. The highest BCUT2D eigenvalue weighted by atomic mass is 32.1. The van der Waals surface area contributed by atoms with Crippen molar-refractivity contribution in [2.24, 2.45) is 28.6 Å². The van der Waals surface area contributed by atoms with Crippen LogP contribution >= 0.6 is 11.3 Å². The van der Waals surface area contributed by atoms with Crippen LogP contribution in [0.5, 0.6) is 5.75 Å². The monoisotopic (exact) mass is 478 g/mol. The SMILES string of the molecule is COc1ccccc1CCNC(=O)c1c(NC(=O)C23CC4CC4C24CC4C3)sc2c1CCOC2. The van der Waals surface area contributed by atoms with Gasteiger partial charge in [-0.1, -0.05) is 18.2 Å². The molecule has 0 radical (unpaired) electrons. The van der Waals surface area contributed by atoms with Gasteiger partial charge in [0.25, 0.3) is 5.91 Å². The van der Waals surface area contributed by atoms with E-state index in [0.717, 1.165) is 52.3 Å². The summed E-state index contributed by atoms with van der Waals surface area (Å²) in [6, 6.07) is 7.88. The number of rotatable bonds is 7. The van der Waals surface area contributed by atoms with Gasteiger partial charge in [-0.25, -0.2) is 0 Å². The Balaban J connectivity index is 1.11. The topological polar surface area (TPSA) is 76.7 Å². The first-order valence-corrected chi connectivity index (χ1v) is 13.3. The Kier molecular flexibility index (Phi) is 4.50. The Morgan fingerprint density at radius 1 is 1.24 bits per heavy atom. The third-order valence-corrected chi connectivity index (χ3v) is 10.5. The Bertz CT molecular complexity index is 1210. The molecule has 1 spiro atoms. The average molecular weight is 479 g/mol. The van der Waals surface area contributed by atoms with Crippen LogP contribution in [0.25, 0.3) is 0 Å². The first-order chi connectivity index (χ1) is 16.6. The van der Waals surface area contributed by atoms with E-state index in [-0.39, 0.29) is 17.2 Å². The molecule has 5 atom stereocenters. The summed E-state index contributed by atoms with van der Waals surface area (Å²) in [6.07, 6.45) is 6.05. The molecule has 5 unspecified atom stereocenters. The molecule has 2 N–H and O–H groups in total. The number of nitrogens with one attached hydrogen (secondary N) is 2. The quantitative estimate of drug-likeness (QED) is 0.626. The molecule has 0 bridgehead atoms. The van der Waals surface area contributed by atoms with Gasteiger partial charge in [0.15, 0.2) is 0 Å². The summed E-state index contributed by atoms with van der Waals surface area (Å²) in [7, 11) is 1.66. The zero-order valence-corrected chi connectivity index (χ0v) is 20.3. The van der Waals surface area contributed by atoms with E-state index in [1.807, 2.05) is 24.3 Å². The maximum absolute atomic E-state index is 13.7. The molecule has 7 heteroatoms. The van der Waals surface area contributed by atoms with Crippen molar-refractivity contribution in [3.8, 4) is 5.75 Å². The summed E-state index contributed by atoms with van der Waals surface area (Å²) in [4.78, 5) is 28.1. The van der Waals surface area contributed by atoms with E-state index >= 15 is 0 Å². The number of amides is 2. The molecule has 4 aliphatic carbocycles. The largest absolute Gasteiger partial charge is 0.496 e. The number of carbonyl (C=O) groups excluding carboxylic acids is 2. The highest BCUT2D eigenvalue weighted by Crippen LogP contribution is 2.92. The molecule has 5 aliphatic rings. The maximum atomic E-state index is 13.7. The van der Waals surface area contributed by atoms with E-state index < -0.39 is 0 Å². The fourth-order valence-corrected chi connectivity index (χ4v) is 8.97. The highest BCUT2D eigenvalue weighted by molar-refractivity contribution is 7.17. The molecular weight excluding hydrogens is 448 g/mol. The minimum absolute atomic E-state index is 0.107. The van der Waals surface area contributed by atoms with Gasteiger partial charge in [0, 0.05) is 11.4 Å². The highest BCUT2D eigenvalue weighted by Gasteiger charge is 2.88. The molecule has 0 saturated heterocycles. The number of hydrogen-bond donors (Lipinski definition) is 2. The molecule has 6 nitrogen and oxygen atoms in total. The Hall–Kier alpha value is -2.38. The van der Waals surface area contributed by atoms with Crippen LogP contribution in [-0.2, 0) is 29.0 Å². The second-order valence-corrected chi connectivity index (χ2v) is 11.9. The first-order valence-electron chi connectivity index (χ1n) is 12.5. The lowest BCUT2D eigenvalue weighted by atomic mass is 9.58. The summed E-state index contributed by atoms with van der Waals surface area (Å²) in [5.41, 5.74) is 2.88. The second-order valence-electron chi connectivity index (χ2n) is 10.8. The molecule has 1 aliphatic heterocycles. The smallest absolute Gasteiger partial charge is 0.254 e. The molecule has 178 valence electrons. The van der Waals surface area contributed by atoms with Gasteiger partial charge < -0.3 is 20.1 Å². The number of methoxy groups -OCH3 is 1. The van der Waals surface area contributed by atoms with E-state index in [0.29, 0.717) is 48.6 Å². The van der Waals surface area contributed by atoms with E-state index in [1.54, 1.807) is 7.11 Å². The lowest BCUT2D eigenvalue weighted by Gasteiger charge is -2.45. The predicted octanol–water partition coefficient (Wildman–Crippen LogP) is 4.18. The summed E-state index contributed by atoms with van der Waals surface area (Å²) in [5.74, 6) is 3.22. The van der Waals surface area contributed by atoms with E-state index in [9.17, 15) is 9.59 Å². The van der Waals surface area contributed by atoms with Crippen molar-refractivity contribution >= 4 is 28.2 Å². The number of hydrogen-bond acceptors (Lipinski definition) is 5. The number of fused-ring (bicyclic) bond motifs is 2. The van der Waals surface area contributed by atoms with Gasteiger partial charge in [-0.05, 0) is 78.9 Å². The summed E-state index contributed by atoms with van der Waals surface area (Å²) in [5, 5.41) is 7.09. The summed E-state index contributed by atoms with van der Waals surface area (Å²) >= 11 is 1.52. The molecule has 2 amide bonds. The van der Waals surface area contributed by atoms with Crippen molar-refractivity contribution in [1.82, 2.24) is 5.32 Å². The molecular formula is C27H30N2O4S. The van der Waals surface area contributed by atoms with Gasteiger partial charge in [-0.2, -0.15) is 0 Å². The molecule has 2 aromatic rings. The minimum atomic E-state index is -0.177. The molecule has 1 aromatic carbocycles. The van der Waals surface area contributed by atoms with Gasteiger partial charge >= 0.3 is 0 Å². The fourth-order valence-electron chi connectivity index (χ4n) is 7.79. The van der Waals surface area contributed by atoms with Crippen molar-refractivity contribution < 1.29 is 19.1 Å². The fraction of sp³-hybridized carbons (Fsp3) is 0.556. The number of anilines is 1. The van der Waals surface area contributed by atoms with Gasteiger partial charge in [0.2, 0.25) is 5.91 Å². The van der Waals surface area contributed by atoms with Crippen molar-refractivity contribution in [1.29, 1.82) is 0 Å². The Labute approximate surface area is 203 Å². The van der Waals surface area contributed by atoms with E-state index in [4.69, 9.17) is 9.47 Å². The van der Waals surface area contributed by atoms with Crippen molar-refractivity contribution in [3.05, 3.63) is 45.8 Å². The molecule has 34 heavy (non-hydrogen) atoms. The number of para-hydroxylation sites is 1. The van der Waals surface area contributed by atoms with Gasteiger partial charge in [-0.15, -0.1) is 11.3 Å². The molecule has 1 aromatic heterocycles. The van der Waals surface area contributed by atoms with Gasteiger partial charge in [-0.3, -0.25) is 9.59 Å². The van der Waals surface area contributed by atoms with Crippen molar-refractivity contribution in [2.75, 3.05) is 25.6 Å². The number of benzene rings is 1. The molecule has 4 fully saturated rings. The van der Waals surface area contributed by atoms with E-state index in [1.165, 1.54) is 24.2 Å². The predicted molar refractivity (Wildman–Crippen MR) is 129 cm³/mol. The number of carbonyl (C=O) groups is 2. The van der Waals surface area contributed by atoms with Gasteiger partial charge in [0.05, 0.1) is 31.3 Å². The lowest BCUT2D eigenvalue weighted by molar-refractivity contribution is -0.136. The molecule has 7 rings (SSSR count). The van der Waals surface area contributed by atoms with Crippen LogP contribution in [0.2, 0.25) is 0 Å². The maximum Gasteiger partial charge on any atom is 0.254 e. The first kappa shape index (κ1) is 20.9. The summed E-state index contributed by atoms with van der Waals surface area (Å²) in [6.45, 7) is 1.63. The second kappa shape index (κ2) is 7.31. The Morgan fingerprint density at radius 2 is 2.12 bits per heavy atom. The van der Waals surface area contributed by atoms with Crippen molar-refractivity contribution in [3.63, 3.8) is 0 Å². The zero-order chi connectivity index (χ0) is 23.1. The molecule has 4 saturated carbocycles. The molecule has 2 heterocycles. The number of ether oxygens (including phenoxy) is 2. The third-order valence-electron chi connectivity index (χ3n) is 9.41. The lowest BCUT2D eigenvalue weighted by Crippen LogP contribution is -2.49. The van der Waals surface area contributed by atoms with E-state index in [2.05, 4.69) is 10.6 Å². The van der Waals surface area contributed by atoms with Gasteiger partial charge in [0.1, 0.15) is 10.8 Å². The minimum Gasteiger partial charge on any atom is -0.496 e. The van der Waals surface area contributed by atoms with Crippen LogP contribution < -0.4 is 15.4 Å². The van der Waals surface area contributed by atoms with Crippen LogP contribution in [0.15, 0.2) is 24.3 Å². The van der Waals surface area contributed by atoms with Crippen LogP contribution in [0.4, 0.5) is 5.00 Å². The Morgan fingerprint density at radius 3 is 2.94 bits per heavy atom. The zero-order valence-electron chi connectivity index (χ0n) is 19.4. The van der Waals surface area contributed by atoms with Crippen LogP contribution in [0.1, 0.15) is 52.0 Å². The summed E-state index contributed by atoms with van der Waals surface area (Å²) < 4.78 is 11.1. The average Bonchev–Trinajstić information content (AvgIpc) is 3.64.